The Morgan fingerprint density at radius 2 is 1.93 bits per heavy atom. The molecular weight excluding hydrogens is 614 g/mol. The summed E-state index contributed by atoms with van der Waals surface area (Å²) < 4.78 is 50.4. The zero-order valence-electron chi connectivity index (χ0n) is 25.8. The number of nitrogen functional groups attached to an aromatic ring is 1. The number of pyridine rings is 1. The van der Waals surface area contributed by atoms with E-state index in [1.807, 2.05) is 14.0 Å². The lowest BCUT2D eigenvalue weighted by Gasteiger charge is -2.37. The second-order valence-corrected chi connectivity index (χ2v) is 13.7. The summed E-state index contributed by atoms with van der Waals surface area (Å²) in [6, 6.07) is 2.59. The Hall–Kier alpha value is -3.74. The molecule has 46 heavy (non-hydrogen) atoms. The smallest absolute Gasteiger partial charge is 0.319 e. The van der Waals surface area contributed by atoms with Gasteiger partial charge < -0.3 is 30.2 Å². The second-order valence-electron chi connectivity index (χ2n) is 12.7. The molecule has 3 N–H and O–H groups in total. The van der Waals surface area contributed by atoms with Gasteiger partial charge in [-0.15, -0.1) is 11.3 Å². The molecule has 14 heteroatoms. The predicted octanol–water partition coefficient (Wildman–Crippen LogP) is 4.10. The average molecular weight is 649 g/mol. The molecule has 0 aliphatic carbocycles. The highest BCUT2D eigenvalue weighted by molar-refractivity contribution is 7.23. The predicted molar refractivity (Wildman–Crippen MR) is 170 cm³/mol. The highest BCUT2D eigenvalue weighted by Crippen LogP contribution is 2.48. The Morgan fingerprint density at radius 1 is 1.17 bits per heavy atom. The van der Waals surface area contributed by atoms with E-state index in [-0.39, 0.29) is 87.0 Å². The van der Waals surface area contributed by atoms with E-state index >= 15 is 4.39 Å². The molecule has 4 aliphatic rings. The molecule has 0 spiro atoms. The Bertz CT molecular complexity index is 1920. The third-order valence-electron chi connectivity index (χ3n) is 10.2. The average Bonchev–Trinajstić information content (AvgIpc) is 3.81. The van der Waals surface area contributed by atoms with E-state index in [9.17, 15) is 9.65 Å². The molecule has 3 saturated heterocycles. The van der Waals surface area contributed by atoms with Crippen molar-refractivity contribution in [3.8, 4) is 23.3 Å². The Balaban J connectivity index is 1.36. The lowest BCUT2D eigenvalue weighted by atomic mass is 9.93. The van der Waals surface area contributed by atoms with Crippen molar-refractivity contribution in [2.24, 2.45) is 0 Å². The second kappa shape index (κ2) is 11.2. The minimum atomic E-state index is -0.644. The van der Waals surface area contributed by atoms with Crippen molar-refractivity contribution in [1.29, 1.82) is 5.26 Å². The van der Waals surface area contributed by atoms with Crippen molar-refractivity contribution < 1.29 is 23.0 Å². The number of methoxy groups -OCH3 is 1. The monoisotopic (exact) mass is 648 g/mol. The Labute approximate surface area is 268 Å². The van der Waals surface area contributed by atoms with Crippen LogP contribution in [0.5, 0.6) is 6.01 Å². The molecule has 2 bridgehead atoms. The van der Waals surface area contributed by atoms with Crippen LogP contribution >= 0.6 is 11.3 Å². The molecule has 0 amide bonds. The van der Waals surface area contributed by atoms with Crippen molar-refractivity contribution in [3.63, 3.8) is 0 Å². The maximum Gasteiger partial charge on any atom is 0.319 e. The number of ether oxygens (including phenoxy) is 3. The number of likely N-dealkylation sites (tertiary alicyclic amines) is 1. The molecule has 0 saturated carbocycles. The van der Waals surface area contributed by atoms with E-state index in [4.69, 9.17) is 29.9 Å². The summed E-state index contributed by atoms with van der Waals surface area (Å²) in [6.07, 6.45) is 3.62. The number of benzene rings is 1. The van der Waals surface area contributed by atoms with Crippen molar-refractivity contribution in [2.75, 3.05) is 44.4 Å². The van der Waals surface area contributed by atoms with Crippen LogP contribution in [-0.4, -0.2) is 84.0 Å². The number of nitrogens with one attached hydrogen (secondary N) is 1. The van der Waals surface area contributed by atoms with Crippen molar-refractivity contribution in [2.45, 2.75) is 69.7 Å². The van der Waals surface area contributed by atoms with Crippen LogP contribution in [0.3, 0.4) is 0 Å². The number of thiophene rings is 1. The summed E-state index contributed by atoms with van der Waals surface area (Å²) in [6.45, 7) is 4.70. The van der Waals surface area contributed by atoms with Gasteiger partial charge in [0.1, 0.15) is 28.5 Å². The van der Waals surface area contributed by atoms with Gasteiger partial charge in [0.2, 0.25) is 0 Å². The van der Waals surface area contributed by atoms with Gasteiger partial charge in [0, 0.05) is 55.8 Å². The first-order chi connectivity index (χ1) is 22.3. The number of nitrogens with two attached hydrogens (primary N) is 1. The summed E-state index contributed by atoms with van der Waals surface area (Å²) in [5.41, 5.74) is 7.90. The fourth-order valence-electron chi connectivity index (χ4n) is 7.94. The molecule has 1 aromatic carbocycles. The maximum absolute atomic E-state index is 17.3. The van der Waals surface area contributed by atoms with Crippen molar-refractivity contribution >= 4 is 43.1 Å². The Morgan fingerprint density at radius 3 is 2.65 bits per heavy atom. The number of aromatic nitrogens is 3. The van der Waals surface area contributed by atoms with E-state index in [1.54, 1.807) is 7.11 Å². The van der Waals surface area contributed by atoms with Crippen LogP contribution in [0.2, 0.25) is 0 Å². The van der Waals surface area contributed by atoms with Gasteiger partial charge in [-0.3, -0.25) is 9.88 Å². The van der Waals surface area contributed by atoms with E-state index in [0.717, 1.165) is 62.0 Å². The molecule has 4 aliphatic heterocycles. The van der Waals surface area contributed by atoms with Gasteiger partial charge in [-0.2, -0.15) is 15.2 Å². The normalized spacial score (nSPS) is 25.0. The number of likely N-dealkylation sites (N-methyl/N-ethyl adjacent to an activating group) is 1. The first kappa shape index (κ1) is 29.6. The SMILES string of the molecule is CO[C@@H]1C[C@@H](C(C)Oc2nc(N3C4CCC3CNC4)c3c4c(c(-c5ncc(F)c6sc(N)c(C#N)c56)c(F)c3n2)COC4)N(C)C1. The summed E-state index contributed by atoms with van der Waals surface area (Å²) in [5.74, 6) is -0.630. The van der Waals surface area contributed by atoms with Gasteiger partial charge in [-0.05, 0) is 44.4 Å². The number of rotatable bonds is 6. The largest absolute Gasteiger partial charge is 0.459 e. The number of hydrogen-bond acceptors (Lipinski definition) is 12. The molecule has 3 fully saturated rings. The van der Waals surface area contributed by atoms with Gasteiger partial charge in [0.05, 0.1) is 46.9 Å². The molecule has 8 rings (SSSR count). The zero-order chi connectivity index (χ0) is 31.9. The number of anilines is 2. The van der Waals surface area contributed by atoms with E-state index in [1.165, 1.54) is 0 Å². The summed E-state index contributed by atoms with van der Waals surface area (Å²) in [7, 11) is 3.75. The Kier molecular flexibility index (Phi) is 7.22. The molecular formula is C32H34F2N8O3S. The van der Waals surface area contributed by atoms with Crippen molar-refractivity contribution in [1.82, 2.24) is 25.2 Å². The molecule has 3 unspecified atom stereocenters. The number of nitrogens with zero attached hydrogens (tertiary/aromatic N) is 6. The van der Waals surface area contributed by atoms with Gasteiger partial charge in [0.25, 0.3) is 0 Å². The van der Waals surface area contributed by atoms with E-state index < -0.39 is 11.6 Å². The fourth-order valence-corrected chi connectivity index (χ4v) is 8.86. The molecule has 7 heterocycles. The third-order valence-corrected chi connectivity index (χ3v) is 11.2. The number of nitriles is 1. The molecule has 0 radical (unpaired) electrons. The van der Waals surface area contributed by atoms with Crippen LogP contribution < -0.4 is 20.7 Å². The lowest BCUT2D eigenvalue weighted by Crippen LogP contribution is -2.52. The summed E-state index contributed by atoms with van der Waals surface area (Å²) in [4.78, 5) is 18.6. The molecule has 3 aromatic heterocycles. The molecule has 4 aromatic rings. The van der Waals surface area contributed by atoms with Gasteiger partial charge in [-0.1, -0.05) is 0 Å². The number of fused-ring (bicyclic) bond motifs is 6. The lowest BCUT2D eigenvalue weighted by molar-refractivity contribution is 0.106. The highest BCUT2D eigenvalue weighted by Gasteiger charge is 2.41. The van der Waals surface area contributed by atoms with Crippen LogP contribution in [0.15, 0.2) is 6.20 Å². The first-order valence-electron chi connectivity index (χ1n) is 15.6. The first-order valence-corrected chi connectivity index (χ1v) is 16.4. The molecule has 5 atom stereocenters. The molecule has 11 nitrogen and oxygen atoms in total. The van der Waals surface area contributed by atoms with Gasteiger partial charge in [0.15, 0.2) is 11.6 Å². The number of hydrogen-bond donors (Lipinski definition) is 2. The standard InChI is InChI=1S/C32H34F2N8O3S/c1-14(22-6-17(43-3)11-41(22)2)45-32-39-28-25(31(40-32)42-15-4-5-16(42)9-37-8-15)20-13-44-12-19(20)23(26(28)34)27-24-18(7-35)30(36)46-29(24)21(33)10-38-27/h10,14-17,22,37H,4-6,8-9,11-13,36H2,1-3H3/t14?,15?,16?,17-,22+/m1/s1. The quantitative estimate of drug-likeness (QED) is 0.313. The van der Waals surface area contributed by atoms with Gasteiger partial charge >= 0.3 is 6.01 Å². The van der Waals surface area contributed by atoms with Crippen LogP contribution in [0.25, 0.3) is 32.2 Å². The molecule has 240 valence electrons. The fraction of sp³-hybridized carbons (Fsp3) is 0.500. The van der Waals surface area contributed by atoms with Crippen LogP contribution in [-0.2, 0) is 22.7 Å². The number of piperazine rings is 1. The minimum Gasteiger partial charge on any atom is -0.459 e. The third kappa shape index (κ3) is 4.44. The van der Waals surface area contributed by atoms with Crippen LogP contribution in [0, 0.1) is 23.0 Å². The zero-order valence-corrected chi connectivity index (χ0v) is 26.6. The van der Waals surface area contributed by atoms with Crippen molar-refractivity contribution in [3.05, 3.63) is 34.5 Å². The minimum absolute atomic E-state index is 0.0574. The number of halogens is 2. The van der Waals surface area contributed by atoms with Crippen LogP contribution in [0.4, 0.5) is 19.6 Å². The van der Waals surface area contributed by atoms with Crippen LogP contribution in [0.1, 0.15) is 42.9 Å². The van der Waals surface area contributed by atoms with E-state index in [2.05, 4.69) is 26.2 Å². The van der Waals surface area contributed by atoms with Gasteiger partial charge in [-0.25, -0.2) is 8.78 Å². The maximum atomic E-state index is 17.3. The highest BCUT2D eigenvalue weighted by atomic mass is 32.1. The summed E-state index contributed by atoms with van der Waals surface area (Å²) >= 11 is 0.949. The van der Waals surface area contributed by atoms with E-state index in [0.29, 0.717) is 16.8 Å². The topological polar surface area (TPSA) is 135 Å². The summed E-state index contributed by atoms with van der Waals surface area (Å²) in [5, 5.41) is 14.4.